The van der Waals surface area contributed by atoms with Crippen molar-refractivity contribution in [3.8, 4) is 17.0 Å². The van der Waals surface area contributed by atoms with Crippen LogP contribution in [0.4, 0.5) is 0 Å². The van der Waals surface area contributed by atoms with Crippen molar-refractivity contribution in [3.05, 3.63) is 46.0 Å². The van der Waals surface area contributed by atoms with Crippen molar-refractivity contribution in [3.63, 3.8) is 0 Å². The number of fused-ring (bicyclic) bond motifs is 1. The smallest absolute Gasteiger partial charge is 0.251 e. The fourth-order valence-electron chi connectivity index (χ4n) is 2.13. The zero-order valence-electron chi connectivity index (χ0n) is 9.49. The maximum Gasteiger partial charge on any atom is 0.251 e. The van der Waals surface area contributed by atoms with Crippen LogP contribution in [0.1, 0.15) is 11.4 Å². The van der Waals surface area contributed by atoms with Gasteiger partial charge in [-0.05, 0) is 18.6 Å². The van der Waals surface area contributed by atoms with E-state index in [1.165, 1.54) is 11.6 Å². The Hall–Kier alpha value is -2.10. The van der Waals surface area contributed by atoms with Gasteiger partial charge in [-0.1, -0.05) is 12.1 Å². The minimum absolute atomic E-state index is 0.136. The summed E-state index contributed by atoms with van der Waals surface area (Å²) >= 11 is 0. The molecule has 0 spiro atoms. The molecule has 2 heterocycles. The number of aryl methyl sites for hydroxylation is 1. The number of hydrogen-bond donors (Lipinski definition) is 1. The van der Waals surface area contributed by atoms with Gasteiger partial charge in [0.2, 0.25) is 0 Å². The highest BCUT2D eigenvalue weighted by molar-refractivity contribution is 5.69. The first-order chi connectivity index (χ1) is 8.24. The number of ether oxygens (including phenoxy) is 1. The molecule has 0 unspecified atom stereocenters. The molecule has 4 nitrogen and oxygen atoms in total. The summed E-state index contributed by atoms with van der Waals surface area (Å²) in [5.41, 5.74) is 2.62. The molecular weight excluding hydrogens is 216 g/mol. The molecule has 0 saturated carbocycles. The third-order valence-electron chi connectivity index (χ3n) is 2.85. The molecule has 17 heavy (non-hydrogen) atoms. The van der Waals surface area contributed by atoms with Crippen LogP contribution in [0.3, 0.4) is 0 Å². The summed E-state index contributed by atoms with van der Waals surface area (Å²) in [7, 11) is 0. The summed E-state index contributed by atoms with van der Waals surface area (Å²) in [6, 6.07) is 7.46. The fraction of sp³-hybridized carbons (Fsp3) is 0.231. The van der Waals surface area contributed by atoms with E-state index in [1.54, 1.807) is 6.92 Å². The molecule has 0 saturated heterocycles. The van der Waals surface area contributed by atoms with Gasteiger partial charge in [0.25, 0.3) is 5.56 Å². The third kappa shape index (κ3) is 1.71. The maximum absolute atomic E-state index is 11.4. The Kier molecular flexibility index (Phi) is 2.21. The van der Waals surface area contributed by atoms with E-state index in [0.29, 0.717) is 18.1 Å². The number of rotatable bonds is 1. The number of hydrogen-bond acceptors (Lipinski definition) is 3. The highest BCUT2D eigenvalue weighted by Gasteiger charge is 2.17. The lowest BCUT2D eigenvalue weighted by molar-refractivity contribution is 0.358. The molecule has 1 N–H and O–H groups in total. The lowest BCUT2D eigenvalue weighted by Crippen LogP contribution is -2.08. The number of H-pyrrole nitrogens is 1. The molecule has 86 valence electrons. The van der Waals surface area contributed by atoms with Crippen molar-refractivity contribution in [1.82, 2.24) is 9.97 Å². The summed E-state index contributed by atoms with van der Waals surface area (Å²) in [4.78, 5) is 18.4. The monoisotopic (exact) mass is 228 g/mol. The molecule has 1 aromatic heterocycles. The van der Waals surface area contributed by atoms with E-state index in [-0.39, 0.29) is 5.56 Å². The highest BCUT2D eigenvalue weighted by Crippen LogP contribution is 2.35. The highest BCUT2D eigenvalue weighted by atomic mass is 16.5. The van der Waals surface area contributed by atoms with Crippen LogP contribution in [0, 0.1) is 6.92 Å². The van der Waals surface area contributed by atoms with Crippen molar-refractivity contribution >= 4 is 0 Å². The average molecular weight is 228 g/mol. The number of benzene rings is 1. The van der Waals surface area contributed by atoms with Crippen LogP contribution in [-0.4, -0.2) is 16.6 Å². The van der Waals surface area contributed by atoms with Gasteiger partial charge in [0.05, 0.1) is 12.3 Å². The van der Waals surface area contributed by atoms with E-state index in [9.17, 15) is 4.79 Å². The van der Waals surface area contributed by atoms with E-state index in [2.05, 4.69) is 9.97 Å². The SMILES string of the molecule is Cc1nc(-c2cccc3c2OCC3)cc(=O)[nH]1. The summed E-state index contributed by atoms with van der Waals surface area (Å²) in [6.07, 6.45) is 0.922. The minimum Gasteiger partial charge on any atom is -0.492 e. The number of para-hydroxylation sites is 1. The number of aromatic nitrogens is 2. The lowest BCUT2D eigenvalue weighted by Gasteiger charge is -2.07. The molecule has 0 amide bonds. The predicted octanol–water partition coefficient (Wildman–Crippen LogP) is 1.68. The zero-order valence-corrected chi connectivity index (χ0v) is 9.49. The topological polar surface area (TPSA) is 55.0 Å². The van der Waals surface area contributed by atoms with Crippen molar-refractivity contribution in [2.75, 3.05) is 6.61 Å². The normalized spacial score (nSPS) is 13.2. The molecule has 1 aromatic carbocycles. The predicted molar refractivity (Wildman–Crippen MR) is 64.2 cm³/mol. The van der Waals surface area contributed by atoms with Gasteiger partial charge in [-0.3, -0.25) is 4.79 Å². The van der Waals surface area contributed by atoms with Crippen LogP contribution in [0.2, 0.25) is 0 Å². The summed E-state index contributed by atoms with van der Waals surface area (Å²) < 4.78 is 5.61. The van der Waals surface area contributed by atoms with Gasteiger partial charge >= 0.3 is 0 Å². The van der Waals surface area contributed by atoms with Crippen molar-refractivity contribution in [2.45, 2.75) is 13.3 Å². The molecule has 0 atom stereocenters. The van der Waals surface area contributed by atoms with Crippen LogP contribution in [0.25, 0.3) is 11.3 Å². The Labute approximate surface area is 98.3 Å². The Morgan fingerprint density at radius 2 is 2.29 bits per heavy atom. The first-order valence-electron chi connectivity index (χ1n) is 5.57. The van der Waals surface area contributed by atoms with E-state index >= 15 is 0 Å². The van der Waals surface area contributed by atoms with Crippen molar-refractivity contribution in [1.29, 1.82) is 0 Å². The van der Waals surface area contributed by atoms with Gasteiger partial charge in [-0.15, -0.1) is 0 Å². The second-order valence-corrected chi connectivity index (χ2v) is 4.11. The van der Waals surface area contributed by atoms with Gasteiger partial charge in [0.1, 0.15) is 11.6 Å². The molecule has 0 fully saturated rings. The first-order valence-corrected chi connectivity index (χ1v) is 5.57. The fourth-order valence-corrected chi connectivity index (χ4v) is 2.13. The number of aromatic amines is 1. The zero-order chi connectivity index (χ0) is 11.8. The van der Waals surface area contributed by atoms with Crippen LogP contribution >= 0.6 is 0 Å². The van der Waals surface area contributed by atoms with Crippen molar-refractivity contribution < 1.29 is 4.74 Å². The Morgan fingerprint density at radius 1 is 1.41 bits per heavy atom. The van der Waals surface area contributed by atoms with E-state index in [1.807, 2.05) is 18.2 Å². The van der Waals surface area contributed by atoms with Gasteiger partial charge in [0.15, 0.2) is 0 Å². The van der Waals surface area contributed by atoms with E-state index in [0.717, 1.165) is 17.7 Å². The number of nitrogens with one attached hydrogen (secondary N) is 1. The van der Waals surface area contributed by atoms with Crippen LogP contribution in [-0.2, 0) is 6.42 Å². The molecule has 0 aliphatic carbocycles. The molecule has 4 heteroatoms. The largest absolute Gasteiger partial charge is 0.492 e. The second-order valence-electron chi connectivity index (χ2n) is 4.11. The summed E-state index contributed by atoms with van der Waals surface area (Å²) in [5.74, 6) is 1.48. The molecule has 1 aliphatic heterocycles. The van der Waals surface area contributed by atoms with Crippen LogP contribution in [0.5, 0.6) is 5.75 Å². The second kappa shape index (κ2) is 3.73. The third-order valence-corrected chi connectivity index (χ3v) is 2.85. The molecule has 3 rings (SSSR count). The van der Waals surface area contributed by atoms with Gasteiger partial charge < -0.3 is 9.72 Å². The Morgan fingerprint density at radius 3 is 3.12 bits per heavy atom. The van der Waals surface area contributed by atoms with E-state index in [4.69, 9.17) is 4.74 Å². The number of nitrogens with zero attached hydrogens (tertiary/aromatic N) is 1. The van der Waals surface area contributed by atoms with Gasteiger partial charge in [-0.25, -0.2) is 4.98 Å². The average Bonchev–Trinajstić information content (AvgIpc) is 2.75. The molecule has 0 bridgehead atoms. The van der Waals surface area contributed by atoms with E-state index < -0.39 is 0 Å². The standard InChI is InChI=1S/C13H12N2O2/c1-8-14-11(7-12(16)15-8)10-4-2-3-9-5-6-17-13(9)10/h2-4,7H,5-6H2,1H3,(H,14,15,16). The van der Waals surface area contributed by atoms with Crippen LogP contribution < -0.4 is 10.3 Å². The molecule has 1 aliphatic rings. The van der Waals surface area contributed by atoms with Crippen LogP contribution in [0.15, 0.2) is 29.1 Å². The summed E-state index contributed by atoms with van der Waals surface area (Å²) in [5, 5.41) is 0. The molecule has 0 radical (unpaired) electrons. The van der Waals surface area contributed by atoms with Gasteiger partial charge in [-0.2, -0.15) is 0 Å². The molecular formula is C13H12N2O2. The van der Waals surface area contributed by atoms with Crippen molar-refractivity contribution in [2.24, 2.45) is 0 Å². The Bertz CT molecular complexity index is 632. The summed E-state index contributed by atoms with van der Waals surface area (Å²) in [6.45, 7) is 2.48. The minimum atomic E-state index is -0.136. The maximum atomic E-state index is 11.4. The molecule has 2 aromatic rings. The quantitative estimate of drug-likeness (QED) is 0.808. The first kappa shape index (κ1) is 10.1. The van der Waals surface area contributed by atoms with Gasteiger partial charge in [0, 0.05) is 18.1 Å². The lowest BCUT2D eigenvalue weighted by atomic mass is 10.1. The Balaban J connectivity index is 2.22.